The van der Waals surface area contributed by atoms with Crippen LogP contribution >= 0.6 is 0 Å². The Kier molecular flexibility index (Phi) is 5.91. The molecular formula is C19H28N4O2. The van der Waals surface area contributed by atoms with Gasteiger partial charge in [-0.25, -0.2) is 0 Å². The minimum atomic E-state index is 0.642. The highest BCUT2D eigenvalue weighted by Gasteiger charge is 2.23. The quantitative estimate of drug-likeness (QED) is 0.737. The molecule has 0 radical (unpaired) electrons. The Morgan fingerprint density at radius 2 is 2.00 bits per heavy atom. The maximum Gasteiger partial charge on any atom is 0.129 e. The molecule has 1 saturated carbocycles. The van der Waals surface area contributed by atoms with E-state index in [2.05, 4.69) is 25.7 Å². The number of aryl methyl sites for hydroxylation is 1. The summed E-state index contributed by atoms with van der Waals surface area (Å²) in [5, 5.41) is 8.07. The molecule has 0 N–H and O–H groups in total. The van der Waals surface area contributed by atoms with Crippen LogP contribution in [0.5, 0.6) is 11.5 Å². The molecule has 1 aliphatic carbocycles. The lowest BCUT2D eigenvalue weighted by Gasteiger charge is -2.29. The minimum Gasteiger partial charge on any atom is -0.497 e. The van der Waals surface area contributed by atoms with E-state index in [-0.39, 0.29) is 0 Å². The van der Waals surface area contributed by atoms with Gasteiger partial charge >= 0.3 is 0 Å². The van der Waals surface area contributed by atoms with Gasteiger partial charge in [-0.05, 0) is 25.8 Å². The first kappa shape index (κ1) is 17.7. The molecular weight excluding hydrogens is 316 g/mol. The lowest BCUT2D eigenvalue weighted by atomic mass is 10.1. The summed E-state index contributed by atoms with van der Waals surface area (Å²) in [6.45, 7) is 4.78. The molecule has 0 spiro atoms. The van der Waals surface area contributed by atoms with Crippen LogP contribution in [0.4, 0.5) is 0 Å². The number of hydrogen-bond acceptors (Lipinski definition) is 5. The molecule has 3 rings (SSSR count). The van der Waals surface area contributed by atoms with Crippen LogP contribution in [0, 0.1) is 6.92 Å². The Labute approximate surface area is 149 Å². The molecule has 1 aromatic heterocycles. The van der Waals surface area contributed by atoms with Crippen molar-refractivity contribution < 1.29 is 9.47 Å². The van der Waals surface area contributed by atoms with Crippen LogP contribution in [0.3, 0.4) is 0 Å². The van der Waals surface area contributed by atoms with E-state index in [0.717, 1.165) is 37.0 Å². The normalized spacial score (nSPS) is 15.0. The Morgan fingerprint density at radius 1 is 1.20 bits per heavy atom. The van der Waals surface area contributed by atoms with Gasteiger partial charge in [0, 0.05) is 37.3 Å². The van der Waals surface area contributed by atoms with Crippen LogP contribution in [-0.4, -0.2) is 46.5 Å². The van der Waals surface area contributed by atoms with Gasteiger partial charge < -0.3 is 14.0 Å². The fourth-order valence-electron chi connectivity index (χ4n) is 3.63. The van der Waals surface area contributed by atoms with Crippen molar-refractivity contribution in [2.45, 2.75) is 51.7 Å². The molecule has 1 fully saturated rings. The van der Waals surface area contributed by atoms with Crippen LogP contribution in [0.25, 0.3) is 0 Å². The molecule has 0 bridgehead atoms. The smallest absolute Gasteiger partial charge is 0.129 e. The van der Waals surface area contributed by atoms with Crippen molar-refractivity contribution in [2.24, 2.45) is 0 Å². The van der Waals surface area contributed by atoms with Gasteiger partial charge in [0.2, 0.25) is 0 Å². The standard InChI is InChI=1S/C19H28N4O2/c1-15-21-20-14-23(15)11-10-22(17-6-4-5-7-17)13-16-8-9-18(24-2)12-19(16)25-3/h8-9,12,14,17H,4-7,10-11,13H2,1-3H3. The fraction of sp³-hybridized carbons (Fsp3) is 0.579. The second-order valence-corrected chi connectivity index (χ2v) is 6.66. The lowest BCUT2D eigenvalue weighted by molar-refractivity contribution is 0.179. The number of aromatic nitrogens is 3. The third-order valence-electron chi connectivity index (χ3n) is 5.15. The number of methoxy groups -OCH3 is 2. The highest BCUT2D eigenvalue weighted by Crippen LogP contribution is 2.29. The predicted molar refractivity (Wildman–Crippen MR) is 97.0 cm³/mol. The van der Waals surface area contributed by atoms with E-state index < -0.39 is 0 Å². The van der Waals surface area contributed by atoms with Crippen LogP contribution in [0.1, 0.15) is 37.1 Å². The zero-order valence-electron chi connectivity index (χ0n) is 15.4. The summed E-state index contributed by atoms with van der Waals surface area (Å²) in [6, 6.07) is 6.73. The van der Waals surface area contributed by atoms with Gasteiger partial charge in [0.05, 0.1) is 14.2 Å². The largest absolute Gasteiger partial charge is 0.497 e. The van der Waals surface area contributed by atoms with Crippen LogP contribution < -0.4 is 9.47 Å². The molecule has 25 heavy (non-hydrogen) atoms. The first-order valence-corrected chi connectivity index (χ1v) is 9.00. The predicted octanol–water partition coefficient (Wildman–Crippen LogP) is 3.05. The van der Waals surface area contributed by atoms with Gasteiger partial charge in [0.1, 0.15) is 23.7 Å². The molecule has 1 heterocycles. The van der Waals surface area contributed by atoms with Gasteiger partial charge in [-0.15, -0.1) is 10.2 Å². The SMILES string of the molecule is COc1ccc(CN(CCn2cnnc2C)C2CCCC2)c(OC)c1. The Balaban J connectivity index is 1.74. The molecule has 0 saturated heterocycles. The van der Waals surface area contributed by atoms with E-state index in [9.17, 15) is 0 Å². The summed E-state index contributed by atoms with van der Waals surface area (Å²) >= 11 is 0. The van der Waals surface area contributed by atoms with E-state index in [4.69, 9.17) is 9.47 Å². The summed E-state index contributed by atoms with van der Waals surface area (Å²) in [7, 11) is 3.40. The van der Waals surface area contributed by atoms with Crippen molar-refractivity contribution in [1.29, 1.82) is 0 Å². The molecule has 0 atom stereocenters. The molecule has 1 aliphatic rings. The minimum absolute atomic E-state index is 0.642. The second-order valence-electron chi connectivity index (χ2n) is 6.66. The first-order valence-electron chi connectivity index (χ1n) is 9.00. The highest BCUT2D eigenvalue weighted by molar-refractivity contribution is 5.40. The molecule has 6 heteroatoms. The number of hydrogen-bond donors (Lipinski definition) is 0. The molecule has 136 valence electrons. The van der Waals surface area contributed by atoms with Crippen LogP contribution in [-0.2, 0) is 13.1 Å². The van der Waals surface area contributed by atoms with Crippen LogP contribution in [0.15, 0.2) is 24.5 Å². The van der Waals surface area contributed by atoms with Crippen molar-refractivity contribution in [2.75, 3.05) is 20.8 Å². The highest BCUT2D eigenvalue weighted by atomic mass is 16.5. The summed E-state index contributed by atoms with van der Waals surface area (Å²) in [4.78, 5) is 2.58. The van der Waals surface area contributed by atoms with Gasteiger partial charge in [0.25, 0.3) is 0 Å². The topological polar surface area (TPSA) is 52.4 Å². The third-order valence-corrected chi connectivity index (χ3v) is 5.15. The molecule has 0 unspecified atom stereocenters. The zero-order chi connectivity index (χ0) is 17.6. The van der Waals surface area contributed by atoms with E-state index in [1.807, 2.05) is 25.4 Å². The van der Waals surface area contributed by atoms with Gasteiger partial charge in [-0.2, -0.15) is 0 Å². The lowest BCUT2D eigenvalue weighted by Crippen LogP contribution is -2.35. The van der Waals surface area contributed by atoms with Crippen molar-refractivity contribution in [3.05, 3.63) is 35.9 Å². The number of nitrogens with zero attached hydrogens (tertiary/aromatic N) is 4. The van der Waals surface area contributed by atoms with E-state index in [1.165, 1.54) is 31.2 Å². The second kappa shape index (κ2) is 8.34. The Bertz CT molecular complexity index is 680. The molecule has 2 aromatic rings. The van der Waals surface area contributed by atoms with Crippen LogP contribution in [0.2, 0.25) is 0 Å². The molecule has 0 aliphatic heterocycles. The summed E-state index contributed by atoms with van der Waals surface area (Å²) < 4.78 is 13.0. The molecule has 1 aromatic carbocycles. The number of benzene rings is 1. The monoisotopic (exact) mass is 344 g/mol. The Morgan fingerprint density at radius 3 is 2.64 bits per heavy atom. The van der Waals surface area contributed by atoms with Crippen molar-refractivity contribution in [3.63, 3.8) is 0 Å². The van der Waals surface area contributed by atoms with Crippen molar-refractivity contribution in [1.82, 2.24) is 19.7 Å². The summed E-state index contributed by atoms with van der Waals surface area (Å²) in [6.07, 6.45) is 7.02. The number of rotatable bonds is 8. The summed E-state index contributed by atoms with van der Waals surface area (Å²) in [5.41, 5.74) is 1.20. The maximum absolute atomic E-state index is 5.59. The first-order chi connectivity index (χ1) is 12.2. The van der Waals surface area contributed by atoms with E-state index in [1.54, 1.807) is 14.2 Å². The average Bonchev–Trinajstić information content (AvgIpc) is 3.30. The van der Waals surface area contributed by atoms with Gasteiger partial charge in [0.15, 0.2) is 0 Å². The third kappa shape index (κ3) is 4.31. The van der Waals surface area contributed by atoms with Gasteiger partial charge in [-0.3, -0.25) is 4.90 Å². The van der Waals surface area contributed by atoms with Gasteiger partial charge in [-0.1, -0.05) is 18.9 Å². The number of ether oxygens (including phenoxy) is 2. The van der Waals surface area contributed by atoms with E-state index in [0.29, 0.717) is 6.04 Å². The fourth-order valence-corrected chi connectivity index (χ4v) is 3.63. The molecule has 6 nitrogen and oxygen atoms in total. The summed E-state index contributed by atoms with van der Waals surface area (Å²) in [5.74, 6) is 2.68. The molecule has 0 amide bonds. The van der Waals surface area contributed by atoms with Crippen molar-refractivity contribution >= 4 is 0 Å². The van der Waals surface area contributed by atoms with Crippen molar-refractivity contribution in [3.8, 4) is 11.5 Å². The van der Waals surface area contributed by atoms with E-state index >= 15 is 0 Å². The average molecular weight is 344 g/mol. The maximum atomic E-state index is 5.59. The Hall–Kier alpha value is -2.08. The zero-order valence-corrected chi connectivity index (χ0v) is 15.4.